The Hall–Kier alpha value is -2.82. The predicted octanol–water partition coefficient (Wildman–Crippen LogP) is 3.86. The summed E-state index contributed by atoms with van der Waals surface area (Å²) in [5, 5.41) is 9.13. The molecule has 0 spiro atoms. The third-order valence-corrected chi connectivity index (χ3v) is 4.21. The van der Waals surface area contributed by atoms with Crippen molar-refractivity contribution >= 4 is 12.1 Å². The highest BCUT2D eigenvalue weighted by Crippen LogP contribution is 2.32. The van der Waals surface area contributed by atoms with Gasteiger partial charge in [0.2, 0.25) is 0 Å². The lowest BCUT2D eigenvalue weighted by molar-refractivity contribution is 0.0696. The molecule has 0 radical (unpaired) electrons. The average Bonchev–Trinajstić information content (AvgIpc) is 3.10. The van der Waals surface area contributed by atoms with Gasteiger partial charge in [-0.05, 0) is 36.1 Å². The molecule has 2 aromatic rings. The largest absolute Gasteiger partial charge is 0.478 e. The summed E-state index contributed by atoms with van der Waals surface area (Å²) >= 11 is 0. The van der Waals surface area contributed by atoms with E-state index >= 15 is 0 Å². The van der Waals surface area contributed by atoms with Crippen LogP contribution in [0.4, 0.5) is 4.79 Å². The van der Waals surface area contributed by atoms with Crippen LogP contribution in [-0.2, 0) is 11.3 Å². The molecular weight excluding hydrogens is 306 g/mol. The minimum absolute atomic E-state index is 0.132. The minimum Gasteiger partial charge on any atom is -0.478 e. The number of aromatic carboxylic acids is 1. The van der Waals surface area contributed by atoms with Gasteiger partial charge in [-0.2, -0.15) is 0 Å². The Balaban J connectivity index is 1.69. The molecule has 1 fully saturated rings. The van der Waals surface area contributed by atoms with Crippen molar-refractivity contribution < 1.29 is 19.4 Å². The van der Waals surface area contributed by atoms with Crippen LogP contribution >= 0.6 is 0 Å². The number of carboxylic acids is 1. The zero-order valence-electron chi connectivity index (χ0n) is 13.2. The van der Waals surface area contributed by atoms with Gasteiger partial charge in [-0.1, -0.05) is 42.5 Å². The molecule has 1 saturated heterocycles. The Morgan fingerprint density at radius 2 is 1.92 bits per heavy atom. The number of ether oxygens (including phenoxy) is 1. The lowest BCUT2D eigenvalue weighted by Crippen LogP contribution is -2.31. The van der Waals surface area contributed by atoms with Crippen molar-refractivity contribution in [2.24, 2.45) is 0 Å². The van der Waals surface area contributed by atoms with Gasteiger partial charge in [0.25, 0.3) is 0 Å². The van der Waals surface area contributed by atoms with Crippen LogP contribution in [0.5, 0.6) is 0 Å². The molecule has 0 aliphatic carbocycles. The lowest BCUT2D eigenvalue weighted by Gasteiger charge is -2.24. The standard InChI is InChI=1S/C19H19NO4/c21-18(22)16-9-4-8-15(12-16)17-10-5-11-20(17)19(23)24-13-14-6-2-1-3-7-14/h1-4,6-9,12,17H,5,10-11,13H2,(H,21,22). The molecule has 1 aliphatic rings. The van der Waals surface area contributed by atoms with E-state index in [1.165, 1.54) is 0 Å². The summed E-state index contributed by atoms with van der Waals surface area (Å²) < 4.78 is 5.41. The molecule has 0 aromatic heterocycles. The van der Waals surface area contributed by atoms with Gasteiger partial charge in [0.15, 0.2) is 0 Å². The van der Waals surface area contributed by atoms with E-state index in [1.807, 2.05) is 36.4 Å². The van der Waals surface area contributed by atoms with Gasteiger partial charge in [0, 0.05) is 6.54 Å². The number of hydrogen-bond acceptors (Lipinski definition) is 3. The Morgan fingerprint density at radius 1 is 1.12 bits per heavy atom. The van der Waals surface area contributed by atoms with Crippen molar-refractivity contribution in [3.8, 4) is 0 Å². The number of amides is 1. The topological polar surface area (TPSA) is 66.8 Å². The van der Waals surface area contributed by atoms with Gasteiger partial charge in [-0.3, -0.25) is 0 Å². The minimum atomic E-state index is -0.965. The highest BCUT2D eigenvalue weighted by atomic mass is 16.6. The van der Waals surface area contributed by atoms with E-state index in [9.17, 15) is 9.59 Å². The molecule has 3 rings (SSSR count). The van der Waals surface area contributed by atoms with Gasteiger partial charge in [0.1, 0.15) is 6.61 Å². The summed E-state index contributed by atoms with van der Waals surface area (Å²) in [5.74, 6) is -0.965. The van der Waals surface area contributed by atoms with E-state index in [0.29, 0.717) is 6.54 Å². The number of carboxylic acid groups (broad SMARTS) is 1. The molecule has 0 bridgehead atoms. The Morgan fingerprint density at radius 3 is 2.67 bits per heavy atom. The molecule has 124 valence electrons. The summed E-state index contributed by atoms with van der Waals surface area (Å²) in [5.41, 5.74) is 2.01. The van der Waals surface area contributed by atoms with Crippen LogP contribution in [0.15, 0.2) is 54.6 Å². The monoisotopic (exact) mass is 325 g/mol. The molecule has 1 heterocycles. The number of hydrogen-bond donors (Lipinski definition) is 1. The molecule has 2 aromatic carbocycles. The second kappa shape index (κ2) is 7.17. The number of nitrogens with zero attached hydrogens (tertiary/aromatic N) is 1. The van der Waals surface area contributed by atoms with Gasteiger partial charge in [-0.25, -0.2) is 9.59 Å². The van der Waals surface area contributed by atoms with Gasteiger partial charge in [0.05, 0.1) is 11.6 Å². The van der Waals surface area contributed by atoms with Gasteiger partial charge in [-0.15, -0.1) is 0 Å². The fraction of sp³-hybridized carbons (Fsp3) is 0.263. The Labute approximate surface area is 140 Å². The molecule has 5 heteroatoms. The van der Waals surface area contributed by atoms with E-state index in [2.05, 4.69) is 0 Å². The molecule has 5 nitrogen and oxygen atoms in total. The Kier molecular flexibility index (Phi) is 4.79. The second-order valence-corrected chi connectivity index (χ2v) is 5.82. The van der Waals surface area contributed by atoms with Crippen molar-refractivity contribution in [2.45, 2.75) is 25.5 Å². The van der Waals surface area contributed by atoms with Gasteiger partial charge < -0.3 is 14.7 Å². The molecule has 1 amide bonds. The summed E-state index contributed by atoms with van der Waals surface area (Å²) in [6.45, 7) is 0.855. The maximum absolute atomic E-state index is 12.4. The van der Waals surface area contributed by atoms with Crippen LogP contribution in [0, 0.1) is 0 Å². The van der Waals surface area contributed by atoms with E-state index in [0.717, 1.165) is 24.0 Å². The summed E-state index contributed by atoms with van der Waals surface area (Å²) in [4.78, 5) is 25.2. The fourth-order valence-electron chi connectivity index (χ4n) is 3.01. The van der Waals surface area contributed by atoms with Crippen molar-refractivity contribution in [3.05, 3.63) is 71.3 Å². The van der Waals surface area contributed by atoms with E-state index < -0.39 is 5.97 Å². The zero-order valence-corrected chi connectivity index (χ0v) is 13.2. The van der Waals surface area contributed by atoms with Crippen molar-refractivity contribution in [1.82, 2.24) is 4.90 Å². The molecule has 1 aliphatic heterocycles. The first-order chi connectivity index (χ1) is 11.6. The van der Waals surface area contributed by atoms with Crippen LogP contribution in [0.2, 0.25) is 0 Å². The molecule has 1 unspecified atom stereocenters. The molecule has 1 atom stereocenters. The first-order valence-corrected chi connectivity index (χ1v) is 7.96. The number of carbonyl (C=O) groups excluding carboxylic acids is 1. The van der Waals surface area contributed by atoms with Gasteiger partial charge >= 0.3 is 12.1 Å². The summed E-state index contributed by atoms with van der Waals surface area (Å²) in [6, 6.07) is 16.2. The first kappa shape index (κ1) is 16.1. The van der Waals surface area contributed by atoms with Crippen molar-refractivity contribution in [2.75, 3.05) is 6.54 Å². The highest BCUT2D eigenvalue weighted by Gasteiger charge is 2.31. The lowest BCUT2D eigenvalue weighted by atomic mass is 10.0. The maximum Gasteiger partial charge on any atom is 0.410 e. The molecular formula is C19H19NO4. The molecule has 1 N–H and O–H groups in total. The third kappa shape index (κ3) is 3.56. The van der Waals surface area contributed by atoms with Crippen LogP contribution in [0.3, 0.4) is 0 Å². The molecule has 0 saturated carbocycles. The number of benzene rings is 2. The summed E-state index contributed by atoms with van der Waals surface area (Å²) in [6.07, 6.45) is 1.33. The van der Waals surface area contributed by atoms with E-state index in [1.54, 1.807) is 23.1 Å². The zero-order chi connectivity index (χ0) is 16.9. The summed E-state index contributed by atoms with van der Waals surface area (Å²) in [7, 11) is 0. The van der Waals surface area contributed by atoms with E-state index in [-0.39, 0.29) is 24.3 Å². The maximum atomic E-state index is 12.4. The van der Waals surface area contributed by atoms with Crippen LogP contribution in [0.25, 0.3) is 0 Å². The quantitative estimate of drug-likeness (QED) is 0.927. The number of rotatable bonds is 4. The number of carbonyl (C=O) groups is 2. The third-order valence-electron chi connectivity index (χ3n) is 4.21. The van der Waals surface area contributed by atoms with Crippen LogP contribution in [-0.4, -0.2) is 28.6 Å². The molecule has 24 heavy (non-hydrogen) atoms. The van der Waals surface area contributed by atoms with Crippen LogP contribution in [0.1, 0.15) is 40.4 Å². The van der Waals surface area contributed by atoms with Crippen molar-refractivity contribution in [1.29, 1.82) is 0 Å². The highest BCUT2D eigenvalue weighted by molar-refractivity contribution is 5.87. The first-order valence-electron chi connectivity index (χ1n) is 7.96. The Bertz CT molecular complexity index is 729. The second-order valence-electron chi connectivity index (χ2n) is 5.82. The normalized spacial score (nSPS) is 16.8. The van der Waals surface area contributed by atoms with Crippen molar-refractivity contribution in [3.63, 3.8) is 0 Å². The predicted molar refractivity (Wildman–Crippen MR) is 88.7 cm³/mol. The SMILES string of the molecule is O=C(O)c1cccc(C2CCCN2C(=O)OCc2ccccc2)c1. The number of likely N-dealkylation sites (tertiary alicyclic amines) is 1. The average molecular weight is 325 g/mol. The smallest absolute Gasteiger partial charge is 0.410 e. The van der Waals surface area contributed by atoms with E-state index in [4.69, 9.17) is 9.84 Å². The fourth-order valence-corrected chi connectivity index (χ4v) is 3.01. The van der Waals surface area contributed by atoms with Crippen LogP contribution < -0.4 is 0 Å².